The van der Waals surface area contributed by atoms with Crippen molar-refractivity contribution in [3.63, 3.8) is 0 Å². The molecule has 0 radical (unpaired) electrons. The van der Waals surface area contributed by atoms with Gasteiger partial charge in [-0.1, -0.05) is 73.7 Å². The Morgan fingerprint density at radius 1 is 0.893 bits per heavy atom. The summed E-state index contributed by atoms with van der Waals surface area (Å²) in [6.07, 6.45) is 7.57. The first-order valence-corrected chi connectivity index (χ1v) is 20.0. The number of hydrogen-bond acceptors (Lipinski definition) is 9. The van der Waals surface area contributed by atoms with Gasteiger partial charge in [0.25, 0.3) is 5.91 Å². The molecule has 2 fully saturated rings. The third-order valence-electron chi connectivity index (χ3n) is 11.2. The number of anilines is 2. The minimum atomic E-state index is -0.609. The topological polar surface area (TPSA) is 140 Å². The molecule has 4 aromatic carbocycles. The number of imide groups is 1. The van der Waals surface area contributed by atoms with E-state index in [1.807, 2.05) is 36.4 Å². The summed E-state index contributed by atoms with van der Waals surface area (Å²) in [5.41, 5.74) is 3.68. The lowest BCUT2D eigenvalue weighted by atomic mass is 9.96. The maximum absolute atomic E-state index is 16.7. The second kappa shape index (κ2) is 16.4. The van der Waals surface area contributed by atoms with E-state index >= 15 is 4.39 Å². The van der Waals surface area contributed by atoms with Gasteiger partial charge in [-0.25, -0.2) is 9.37 Å². The van der Waals surface area contributed by atoms with E-state index in [-0.39, 0.29) is 40.1 Å². The molecule has 11 nitrogen and oxygen atoms in total. The SMILES string of the molecule is O=C1CCC(N2Cc3c(CCCCCCCCNc4nc(N5CCNCC5)c5cc(Cl)c(-c6cc(O)cc7ccccc67)c(F)c5n4)cccc3C2=O)C(=O)N1. The van der Waals surface area contributed by atoms with Crippen LogP contribution in [-0.2, 0) is 22.6 Å². The van der Waals surface area contributed by atoms with Crippen LogP contribution in [0.5, 0.6) is 5.75 Å². The molecular weight excluding hydrogens is 733 g/mol. The van der Waals surface area contributed by atoms with Gasteiger partial charge in [-0.2, -0.15) is 4.98 Å². The quantitative estimate of drug-likeness (QED) is 0.0728. The van der Waals surface area contributed by atoms with E-state index in [0.717, 1.165) is 93.0 Å². The highest BCUT2D eigenvalue weighted by atomic mass is 35.5. The van der Waals surface area contributed by atoms with Crippen molar-refractivity contribution in [1.29, 1.82) is 0 Å². The third kappa shape index (κ3) is 7.60. The summed E-state index contributed by atoms with van der Waals surface area (Å²) in [7, 11) is 0. The molecule has 0 spiro atoms. The molecule has 13 heteroatoms. The van der Waals surface area contributed by atoms with E-state index < -0.39 is 17.8 Å². The van der Waals surface area contributed by atoms with Gasteiger partial charge >= 0.3 is 0 Å². The van der Waals surface area contributed by atoms with Crippen molar-refractivity contribution < 1.29 is 23.9 Å². The first-order chi connectivity index (χ1) is 27.3. The van der Waals surface area contributed by atoms with Crippen LogP contribution in [0.15, 0.2) is 60.7 Å². The zero-order valence-electron chi connectivity index (χ0n) is 31.2. The second-order valence-corrected chi connectivity index (χ2v) is 15.3. The maximum Gasteiger partial charge on any atom is 0.255 e. The van der Waals surface area contributed by atoms with Gasteiger partial charge in [-0.05, 0) is 77.4 Å². The normalized spacial score (nSPS) is 17.2. The zero-order valence-corrected chi connectivity index (χ0v) is 31.9. The lowest BCUT2D eigenvalue weighted by Crippen LogP contribution is -2.52. The van der Waals surface area contributed by atoms with Crippen LogP contribution in [-0.4, -0.2) is 76.5 Å². The summed E-state index contributed by atoms with van der Waals surface area (Å²) in [5, 5.41) is 22.0. The van der Waals surface area contributed by atoms with Crippen molar-refractivity contribution in [3.05, 3.63) is 88.2 Å². The maximum atomic E-state index is 16.7. The van der Waals surface area contributed by atoms with Gasteiger partial charge < -0.3 is 25.5 Å². The molecule has 3 amide bonds. The molecule has 1 atom stereocenters. The van der Waals surface area contributed by atoms with E-state index in [4.69, 9.17) is 21.6 Å². The third-order valence-corrected chi connectivity index (χ3v) is 11.5. The number of nitrogens with one attached hydrogen (secondary N) is 3. The van der Waals surface area contributed by atoms with Crippen LogP contribution in [0.1, 0.15) is 72.9 Å². The number of aromatic nitrogens is 2. The second-order valence-electron chi connectivity index (χ2n) is 14.9. The number of piperidine rings is 1. The number of benzene rings is 4. The molecule has 4 heterocycles. The number of rotatable bonds is 13. The summed E-state index contributed by atoms with van der Waals surface area (Å²) in [4.78, 5) is 50.6. The van der Waals surface area contributed by atoms with Gasteiger partial charge in [0.05, 0.1) is 5.02 Å². The summed E-state index contributed by atoms with van der Waals surface area (Å²) in [5.74, 6) is -0.336. The Morgan fingerprint density at radius 2 is 1.68 bits per heavy atom. The molecule has 56 heavy (non-hydrogen) atoms. The average Bonchev–Trinajstić information content (AvgIpc) is 3.53. The molecule has 8 rings (SSSR count). The number of unbranched alkanes of at least 4 members (excludes halogenated alkanes) is 5. The fourth-order valence-corrected chi connectivity index (χ4v) is 8.65. The summed E-state index contributed by atoms with van der Waals surface area (Å²) >= 11 is 6.85. The highest BCUT2D eigenvalue weighted by molar-refractivity contribution is 6.35. The van der Waals surface area contributed by atoms with Crippen LogP contribution in [0.4, 0.5) is 16.2 Å². The predicted octanol–water partition coefficient (Wildman–Crippen LogP) is 7.11. The standard InChI is InChI=1S/C43H45ClFN7O4/c44-34-24-32-39(38(45)37(34)31-23-28(53)22-27-11-6-7-13-29(27)31)49-43(50-40(32)51-20-18-46-19-21-51)47-17-8-4-2-1-3-5-10-26-12-9-14-30-33(26)25-52(42(30)56)35-15-16-36(54)48-41(35)55/h6-7,9,11-14,22-24,35,46,53H,1-5,8,10,15-21,25H2,(H,47,49,50)(H,48,54,55). The molecule has 3 aliphatic heterocycles. The Morgan fingerprint density at radius 3 is 2.50 bits per heavy atom. The fourth-order valence-electron chi connectivity index (χ4n) is 8.36. The number of amides is 3. The molecule has 0 saturated carbocycles. The predicted molar refractivity (Wildman–Crippen MR) is 217 cm³/mol. The fraction of sp³-hybridized carbons (Fsp3) is 0.372. The van der Waals surface area contributed by atoms with E-state index in [1.165, 1.54) is 0 Å². The number of aryl methyl sites for hydroxylation is 1. The molecule has 1 unspecified atom stereocenters. The number of piperazine rings is 1. The smallest absolute Gasteiger partial charge is 0.255 e. The summed E-state index contributed by atoms with van der Waals surface area (Å²) in [6.45, 7) is 4.05. The van der Waals surface area contributed by atoms with Gasteiger partial charge in [0.15, 0.2) is 5.82 Å². The molecule has 5 aromatic rings. The highest BCUT2D eigenvalue weighted by Crippen LogP contribution is 2.42. The van der Waals surface area contributed by atoms with Crippen molar-refractivity contribution in [3.8, 4) is 16.9 Å². The van der Waals surface area contributed by atoms with Gasteiger partial charge in [-0.15, -0.1) is 0 Å². The Hall–Kier alpha value is -5.33. The van der Waals surface area contributed by atoms with Crippen molar-refractivity contribution in [1.82, 2.24) is 25.5 Å². The van der Waals surface area contributed by atoms with Crippen LogP contribution in [0.2, 0.25) is 5.02 Å². The van der Waals surface area contributed by atoms with Crippen molar-refractivity contribution in [2.24, 2.45) is 0 Å². The minimum Gasteiger partial charge on any atom is -0.508 e. The first kappa shape index (κ1) is 37.6. The van der Waals surface area contributed by atoms with Gasteiger partial charge in [0, 0.05) is 62.2 Å². The number of carbonyl (C=O) groups excluding carboxylic acids is 3. The highest BCUT2D eigenvalue weighted by Gasteiger charge is 2.39. The largest absolute Gasteiger partial charge is 0.508 e. The van der Waals surface area contributed by atoms with Crippen LogP contribution in [0, 0.1) is 5.82 Å². The monoisotopic (exact) mass is 777 g/mol. The molecule has 1 aromatic heterocycles. The van der Waals surface area contributed by atoms with Gasteiger partial charge in [-0.3, -0.25) is 19.7 Å². The summed E-state index contributed by atoms with van der Waals surface area (Å²) in [6, 6.07) is 17.7. The first-order valence-electron chi connectivity index (χ1n) is 19.6. The van der Waals surface area contributed by atoms with E-state index in [2.05, 4.69) is 26.9 Å². The molecule has 0 bridgehead atoms. The number of fused-ring (bicyclic) bond motifs is 3. The number of phenolic OH excluding ortho intramolecular Hbond substituents is 1. The van der Waals surface area contributed by atoms with Crippen molar-refractivity contribution in [2.75, 3.05) is 42.9 Å². The molecule has 2 saturated heterocycles. The number of hydrogen-bond donors (Lipinski definition) is 4. The Labute approximate surface area is 329 Å². The Balaban J connectivity index is 0.883. The number of aromatic hydroxyl groups is 1. The van der Waals surface area contributed by atoms with E-state index in [1.54, 1.807) is 23.1 Å². The number of carbonyl (C=O) groups is 3. The summed E-state index contributed by atoms with van der Waals surface area (Å²) < 4.78 is 16.7. The van der Waals surface area contributed by atoms with Crippen LogP contribution >= 0.6 is 11.6 Å². The van der Waals surface area contributed by atoms with Gasteiger partial charge in [0.2, 0.25) is 17.8 Å². The molecule has 3 aliphatic rings. The van der Waals surface area contributed by atoms with Crippen molar-refractivity contribution in [2.45, 2.75) is 70.4 Å². The molecule has 0 aliphatic carbocycles. The molecular formula is C43H45ClFN7O4. The minimum absolute atomic E-state index is 0.0259. The van der Waals surface area contributed by atoms with E-state index in [9.17, 15) is 19.5 Å². The number of nitrogens with zero attached hydrogens (tertiary/aromatic N) is 4. The molecule has 4 N–H and O–H groups in total. The lowest BCUT2D eigenvalue weighted by molar-refractivity contribution is -0.136. The van der Waals surface area contributed by atoms with E-state index in [0.29, 0.717) is 47.8 Å². The Bertz CT molecular complexity index is 2330. The molecule has 290 valence electrons. The zero-order chi connectivity index (χ0) is 38.8. The number of halogens is 2. The Kier molecular flexibility index (Phi) is 11.0. The van der Waals surface area contributed by atoms with Crippen LogP contribution < -0.4 is 20.9 Å². The number of phenols is 1. The van der Waals surface area contributed by atoms with Crippen LogP contribution in [0.25, 0.3) is 32.8 Å². The van der Waals surface area contributed by atoms with Crippen LogP contribution in [0.3, 0.4) is 0 Å². The average molecular weight is 778 g/mol. The van der Waals surface area contributed by atoms with Gasteiger partial charge in [0.1, 0.15) is 23.1 Å². The van der Waals surface area contributed by atoms with Crippen molar-refractivity contribution >= 4 is 62.8 Å². The lowest BCUT2D eigenvalue weighted by Gasteiger charge is -2.29.